The fourth-order valence-corrected chi connectivity index (χ4v) is 1.60. The van der Waals surface area contributed by atoms with Crippen molar-refractivity contribution in [2.45, 2.75) is 33.3 Å². The Hall–Kier alpha value is -0.860. The van der Waals surface area contributed by atoms with Gasteiger partial charge >= 0.3 is 16.4 Å². The van der Waals surface area contributed by atoms with Gasteiger partial charge in [0.05, 0.1) is 6.61 Å². The number of hydrogen-bond donors (Lipinski definition) is 2. The van der Waals surface area contributed by atoms with Gasteiger partial charge in [0.1, 0.15) is 5.60 Å². The predicted octanol–water partition coefficient (Wildman–Crippen LogP) is 0.382. The molecule has 0 aromatic rings. The Morgan fingerprint density at radius 2 is 1.82 bits per heavy atom. The SMILES string of the molecule is CCOS(=O)(=O)NCCNC(=O)OC(C)(C)C. The van der Waals surface area contributed by atoms with Crippen LogP contribution in [0.25, 0.3) is 0 Å². The number of ether oxygens (including phenoxy) is 1. The van der Waals surface area contributed by atoms with Crippen LogP contribution in [0.15, 0.2) is 0 Å². The van der Waals surface area contributed by atoms with Gasteiger partial charge in [-0.15, -0.1) is 0 Å². The molecule has 0 radical (unpaired) electrons. The zero-order valence-corrected chi connectivity index (χ0v) is 11.4. The average molecular weight is 268 g/mol. The lowest BCUT2D eigenvalue weighted by molar-refractivity contribution is 0.0528. The molecule has 0 saturated carbocycles. The van der Waals surface area contributed by atoms with Crippen molar-refractivity contribution in [1.82, 2.24) is 10.0 Å². The number of amides is 1. The van der Waals surface area contributed by atoms with Gasteiger partial charge in [-0.1, -0.05) is 0 Å². The molecule has 0 aliphatic carbocycles. The second-order valence-corrected chi connectivity index (χ2v) is 5.62. The van der Waals surface area contributed by atoms with Gasteiger partial charge in [0.15, 0.2) is 0 Å². The quantitative estimate of drug-likeness (QED) is 0.679. The fraction of sp³-hybridized carbons (Fsp3) is 0.889. The molecule has 17 heavy (non-hydrogen) atoms. The summed E-state index contributed by atoms with van der Waals surface area (Å²) < 4.78 is 33.6. The monoisotopic (exact) mass is 268 g/mol. The molecule has 0 atom stereocenters. The van der Waals surface area contributed by atoms with E-state index in [1.165, 1.54) is 0 Å². The van der Waals surface area contributed by atoms with Gasteiger partial charge in [-0.2, -0.15) is 13.1 Å². The number of hydrogen-bond acceptors (Lipinski definition) is 5. The Bertz CT molecular complexity index is 334. The molecule has 0 aliphatic heterocycles. The van der Waals surface area contributed by atoms with Crippen LogP contribution >= 0.6 is 0 Å². The molecule has 7 nitrogen and oxygen atoms in total. The molecular formula is C9H20N2O5S. The standard InChI is InChI=1S/C9H20N2O5S/c1-5-15-17(13,14)11-7-6-10-8(12)16-9(2,3)4/h11H,5-7H2,1-4H3,(H,10,12). The number of carbonyl (C=O) groups excluding carboxylic acids is 1. The van der Waals surface area contributed by atoms with Crippen LogP contribution in [0.4, 0.5) is 4.79 Å². The fourth-order valence-electron chi connectivity index (χ4n) is 0.852. The Labute approximate surface area is 102 Å². The normalized spacial score (nSPS) is 12.2. The summed E-state index contributed by atoms with van der Waals surface area (Å²) in [6.07, 6.45) is -0.590. The van der Waals surface area contributed by atoms with Crippen molar-refractivity contribution in [2.75, 3.05) is 19.7 Å². The first-order chi connectivity index (χ1) is 7.66. The first-order valence-corrected chi connectivity index (χ1v) is 6.68. The largest absolute Gasteiger partial charge is 0.444 e. The lowest BCUT2D eigenvalue weighted by Crippen LogP contribution is -2.38. The maximum absolute atomic E-state index is 11.2. The first-order valence-electron chi connectivity index (χ1n) is 5.27. The van der Waals surface area contributed by atoms with Crippen LogP contribution in [0.2, 0.25) is 0 Å². The molecule has 0 spiro atoms. The van der Waals surface area contributed by atoms with Gasteiger partial charge in [-0.3, -0.25) is 4.18 Å². The van der Waals surface area contributed by atoms with E-state index in [0.29, 0.717) is 0 Å². The van der Waals surface area contributed by atoms with Crippen LogP contribution in [0, 0.1) is 0 Å². The van der Waals surface area contributed by atoms with Crippen molar-refractivity contribution < 1.29 is 22.1 Å². The minimum absolute atomic E-state index is 0.0432. The minimum Gasteiger partial charge on any atom is -0.444 e. The van der Waals surface area contributed by atoms with Crippen molar-refractivity contribution in [2.24, 2.45) is 0 Å². The number of rotatable bonds is 6. The van der Waals surface area contributed by atoms with Crippen LogP contribution in [0.3, 0.4) is 0 Å². The summed E-state index contributed by atoms with van der Waals surface area (Å²) in [7, 11) is -3.71. The van der Waals surface area contributed by atoms with Crippen LogP contribution in [-0.4, -0.2) is 39.8 Å². The van der Waals surface area contributed by atoms with Crippen LogP contribution in [0.1, 0.15) is 27.7 Å². The van der Waals surface area contributed by atoms with Crippen molar-refractivity contribution in [3.63, 3.8) is 0 Å². The van der Waals surface area contributed by atoms with Crippen molar-refractivity contribution in [3.05, 3.63) is 0 Å². The molecule has 102 valence electrons. The van der Waals surface area contributed by atoms with Crippen molar-refractivity contribution in [3.8, 4) is 0 Å². The molecule has 0 saturated heterocycles. The van der Waals surface area contributed by atoms with E-state index < -0.39 is 22.0 Å². The van der Waals surface area contributed by atoms with Gasteiger partial charge in [0, 0.05) is 13.1 Å². The van der Waals surface area contributed by atoms with Gasteiger partial charge in [-0.05, 0) is 27.7 Å². The molecule has 0 heterocycles. The average Bonchev–Trinajstić information content (AvgIpc) is 2.09. The summed E-state index contributed by atoms with van der Waals surface area (Å²) in [6, 6.07) is 0. The summed E-state index contributed by atoms with van der Waals surface area (Å²) in [5, 5.41) is 2.41. The molecular weight excluding hydrogens is 248 g/mol. The van der Waals surface area contributed by atoms with Gasteiger partial charge in [0.2, 0.25) is 0 Å². The molecule has 8 heteroatoms. The Kier molecular flexibility index (Phi) is 6.43. The highest BCUT2D eigenvalue weighted by atomic mass is 32.2. The zero-order chi connectivity index (χ0) is 13.5. The highest BCUT2D eigenvalue weighted by Gasteiger charge is 2.15. The molecule has 0 aliphatic rings. The molecule has 1 amide bonds. The third-order valence-corrected chi connectivity index (χ3v) is 2.45. The van der Waals surface area contributed by atoms with E-state index in [-0.39, 0.29) is 19.7 Å². The van der Waals surface area contributed by atoms with Crippen molar-refractivity contribution in [1.29, 1.82) is 0 Å². The summed E-state index contributed by atoms with van der Waals surface area (Å²) in [5.74, 6) is 0. The van der Waals surface area contributed by atoms with Gasteiger partial charge in [0.25, 0.3) is 0 Å². The molecule has 0 aromatic heterocycles. The summed E-state index contributed by atoms with van der Waals surface area (Å²) in [6.45, 7) is 7.02. The van der Waals surface area contributed by atoms with Crippen molar-refractivity contribution >= 4 is 16.4 Å². The number of nitrogens with one attached hydrogen (secondary N) is 2. The van der Waals surface area contributed by atoms with Crippen LogP contribution in [0.5, 0.6) is 0 Å². The van der Waals surface area contributed by atoms with Gasteiger partial charge in [-0.25, -0.2) is 4.79 Å². The minimum atomic E-state index is -3.71. The number of carbonyl (C=O) groups is 1. The third-order valence-electron chi connectivity index (χ3n) is 1.35. The van der Waals surface area contributed by atoms with Crippen LogP contribution < -0.4 is 10.0 Å². The Balaban J connectivity index is 3.76. The first kappa shape index (κ1) is 16.1. The molecule has 2 N–H and O–H groups in total. The maximum Gasteiger partial charge on any atom is 0.407 e. The zero-order valence-electron chi connectivity index (χ0n) is 10.6. The molecule has 0 unspecified atom stereocenters. The van der Waals surface area contributed by atoms with E-state index in [4.69, 9.17) is 4.74 Å². The molecule has 0 fully saturated rings. The van der Waals surface area contributed by atoms with E-state index in [1.54, 1.807) is 27.7 Å². The highest BCUT2D eigenvalue weighted by molar-refractivity contribution is 7.84. The summed E-state index contributed by atoms with van der Waals surface area (Å²) in [5.41, 5.74) is -0.574. The topological polar surface area (TPSA) is 93.7 Å². The highest BCUT2D eigenvalue weighted by Crippen LogP contribution is 2.05. The lowest BCUT2D eigenvalue weighted by atomic mass is 10.2. The smallest absolute Gasteiger partial charge is 0.407 e. The van der Waals surface area contributed by atoms with E-state index in [2.05, 4.69) is 14.2 Å². The van der Waals surface area contributed by atoms with Gasteiger partial charge < -0.3 is 10.1 Å². The Morgan fingerprint density at radius 3 is 2.29 bits per heavy atom. The second kappa shape index (κ2) is 6.77. The summed E-state index contributed by atoms with van der Waals surface area (Å²) in [4.78, 5) is 11.2. The summed E-state index contributed by atoms with van der Waals surface area (Å²) >= 11 is 0. The predicted molar refractivity (Wildman–Crippen MR) is 62.8 cm³/mol. The molecule has 0 rings (SSSR count). The molecule has 0 bridgehead atoms. The molecule has 0 aromatic carbocycles. The Morgan fingerprint density at radius 1 is 1.24 bits per heavy atom. The van der Waals surface area contributed by atoms with E-state index in [9.17, 15) is 13.2 Å². The van der Waals surface area contributed by atoms with E-state index in [1.807, 2.05) is 0 Å². The maximum atomic E-state index is 11.2. The number of alkyl carbamates (subject to hydrolysis) is 1. The third kappa shape index (κ3) is 10.0. The van der Waals surface area contributed by atoms with E-state index >= 15 is 0 Å². The second-order valence-electron chi connectivity index (χ2n) is 4.18. The van der Waals surface area contributed by atoms with E-state index in [0.717, 1.165) is 0 Å². The van der Waals surface area contributed by atoms with Crippen LogP contribution in [-0.2, 0) is 19.2 Å². The lowest BCUT2D eigenvalue weighted by Gasteiger charge is -2.19.